The molecular weight excluding hydrogens is 238 g/mol. The maximum absolute atomic E-state index is 11.7. The number of carbonyl (C=O) groups is 1. The van der Waals surface area contributed by atoms with E-state index in [1.165, 1.54) is 5.56 Å². The number of nitrogens with two attached hydrogens (primary N) is 1. The predicted molar refractivity (Wildman–Crippen MR) is 76.3 cm³/mol. The molecule has 0 spiro atoms. The largest absolute Gasteiger partial charge is 0.318 e. The summed E-state index contributed by atoms with van der Waals surface area (Å²) in [6, 6.07) is 10.2. The number of hydrogen-bond donors (Lipinski definition) is 2. The number of nitrogens with zero attached hydrogens (tertiary/aromatic N) is 1. The number of rotatable bonds is 3. The number of amides is 1. The van der Waals surface area contributed by atoms with Crippen LogP contribution in [0.25, 0.3) is 5.69 Å². The summed E-state index contributed by atoms with van der Waals surface area (Å²) in [5.74, 6) is 4.94. The molecule has 1 aromatic heterocycles. The molecule has 4 nitrogen and oxygen atoms in total. The first-order valence-corrected chi connectivity index (χ1v) is 6.37. The van der Waals surface area contributed by atoms with Gasteiger partial charge in [0.1, 0.15) is 0 Å². The van der Waals surface area contributed by atoms with Gasteiger partial charge in [0.05, 0.1) is 5.56 Å². The second-order valence-corrected chi connectivity index (χ2v) is 4.61. The molecule has 2 rings (SSSR count). The summed E-state index contributed by atoms with van der Waals surface area (Å²) < 4.78 is 2.06. The van der Waals surface area contributed by atoms with Crippen LogP contribution in [0, 0.1) is 13.8 Å². The highest BCUT2D eigenvalue weighted by molar-refractivity contribution is 5.95. The molecule has 0 fully saturated rings. The average Bonchev–Trinajstić information content (AvgIpc) is 2.73. The van der Waals surface area contributed by atoms with E-state index in [1.807, 2.05) is 19.9 Å². The van der Waals surface area contributed by atoms with Crippen LogP contribution < -0.4 is 11.3 Å². The van der Waals surface area contributed by atoms with E-state index in [-0.39, 0.29) is 5.91 Å². The van der Waals surface area contributed by atoms with Gasteiger partial charge in [0.2, 0.25) is 0 Å². The number of aromatic nitrogens is 1. The Morgan fingerprint density at radius 2 is 1.89 bits per heavy atom. The number of nitrogens with one attached hydrogen (secondary N) is 1. The topological polar surface area (TPSA) is 60.0 Å². The first-order valence-electron chi connectivity index (χ1n) is 6.37. The van der Waals surface area contributed by atoms with Gasteiger partial charge in [-0.05, 0) is 44.0 Å². The summed E-state index contributed by atoms with van der Waals surface area (Å²) >= 11 is 0. The van der Waals surface area contributed by atoms with Crippen molar-refractivity contribution in [3.05, 3.63) is 52.8 Å². The molecule has 0 unspecified atom stereocenters. The van der Waals surface area contributed by atoms with Crippen molar-refractivity contribution in [2.45, 2.75) is 27.2 Å². The van der Waals surface area contributed by atoms with E-state index in [0.29, 0.717) is 5.56 Å². The third-order valence-electron chi connectivity index (χ3n) is 3.41. The minimum absolute atomic E-state index is 0.260. The number of carbonyl (C=O) groups excluding carboxylic acids is 1. The van der Waals surface area contributed by atoms with Gasteiger partial charge in [-0.2, -0.15) is 0 Å². The van der Waals surface area contributed by atoms with Gasteiger partial charge in [0.15, 0.2) is 0 Å². The molecule has 3 N–H and O–H groups in total. The van der Waals surface area contributed by atoms with Crippen LogP contribution in [0.5, 0.6) is 0 Å². The molecule has 0 aliphatic heterocycles. The van der Waals surface area contributed by atoms with Gasteiger partial charge >= 0.3 is 0 Å². The molecule has 1 amide bonds. The smallest absolute Gasteiger partial charge is 0.267 e. The van der Waals surface area contributed by atoms with Gasteiger partial charge in [0.25, 0.3) is 5.91 Å². The Bertz CT molecular complexity index is 597. The van der Waals surface area contributed by atoms with E-state index in [0.717, 1.165) is 23.5 Å². The van der Waals surface area contributed by atoms with Crippen molar-refractivity contribution in [3.8, 4) is 5.69 Å². The van der Waals surface area contributed by atoms with Crippen LogP contribution in [0.1, 0.15) is 34.2 Å². The zero-order valence-electron chi connectivity index (χ0n) is 11.5. The average molecular weight is 257 g/mol. The number of nitrogen functional groups attached to an aromatic ring is 1. The molecule has 19 heavy (non-hydrogen) atoms. The number of benzene rings is 1. The van der Waals surface area contributed by atoms with Crippen LogP contribution in [0.4, 0.5) is 0 Å². The van der Waals surface area contributed by atoms with E-state index in [2.05, 4.69) is 41.2 Å². The highest BCUT2D eigenvalue weighted by atomic mass is 16.2. The lowest BCUT2D eigenvalue weighted by atomic mass is 10.1. The van der Waals surface area contributed by atoms with Gasteiger partial charge < -0.3 is 4.57 Å². The van der Waals surface area contributed by atoms with Crippen molar-refractivity contribution in [2.24, 2.45) is 5.84 Å². The van der Waals surface area contributed by atoms with Crippen LogP contribution >= 0.6 is 0 Å². The van der Waals surface area contributed by atoms with Crippen molar-refractivity contribution in [1.29, 1.82) is 0 Å². The van der Waals surface area contributed by atoms with Crippen LogP contribution in [0.15, 0.2) is 30.3 Å². The maximum atomic E-state index is 11.7. The van der Waals surface area contributed by atoms with Crippen LogP contribution in [-0.4, -0.2) is 10.5 Å². The lowest BCUT2D eigenvalue weighted by Crippen LogP contribution is -2.30. The summed E-state index contributed by atoms with van der Waals surface area (Å²) in [6.07, 6.45) is 1.02. The summed E-state index contributed by atoms with van der Waals surface area (Å²) in [4.78, 5) is 11.7. The summed E-state index contributed by atoms with van der Waals surface area (Å²) in [6.45, 7) is 6.03. The normalized spacial score (nSPS) is 10.5. The summed E-state index contributed by atoms with van der Waals surface area (Å²) in [7, 11) is 0. The van der Waals surface area contributed by atoms with Crippen molar-refractivity contribution in [2.75, 3.05) is 0 Å². The minimum atomic E-state index is -0.260. The number of aryl methyl sites for hydroxylation is 2. The van der Waals surface area contributed by atoms with Crippen LogP contribution in [-0.2, 0) is 6.42 Å². The predicted octanol–water partition coefficient (Wildman–Crippen LogP) is 2.26. The molecule has 0 aliphatic rings. The fraction of sp³-hybridized carbons (Fsp3) is 0.267. The third kappa shape index (κ3) is 2.39. The molecule has 100 valence electrons. The number of hydrazine groups is 1. The van der Waals surface area contributed by atoms with Gasteiger partial charge in [-0.15, -0.1) is 0 Å². The van der Waals surface area contributed by atoms with E-state index >= 15 is 0 Å². The quantitative estimate of drug-likeness (QED) is 0.503. The standard InChI is InChI=1S/C15H19N3O/c1-4-12-5-7-13(8-6-12)18-10(2)9-14(11(18)3)15(19)17-16/h5-9H,4,16H2,1-3H3,(H,17,19). The molecular formula is C15H19N3O. The Kier molecular flexibility index (Phi) is 3.71. The van der Waals surface area contributed by atoms with Crippen molar-refractivity contribution in [3.63, 3.8) is 0 Å². The third-order valence-corrected chi connectivity index (χ3v) is 3.41. The Morgan fingerprint density at radius 1 is 1.26 bits per heavy atom. The zero-order chi connectivity index (χ0) is 14.0. The molecule has 0 radical (unpaired) electrons. The molecule has 0 bridgehead atoms. The molecule has 0 saturated carbocycles. The highest BCUT2D eigenvalue weighted by Crippen LogP contribution is 2.21. The van der Waals surface area contributed by atoms with Crippen molar-refractivity contribution < 1.29 is 4.79 Å². The van der Waals surface area contributed by atoms with Crippen molar-refractivity contribution in [1.82, 2.24) is 9.99 Å². The fourth-order valence-electron chi connectivity index (χ4n) is 2.35. The summed E-state index contributed by atoms with van der Waals surface area (Å²) in [5, 5.41) is 0. The summed E-state index contributed by atoms with van der Waals surface area (Å²) in [5.41, 5.74) is 7.05. The zero-order valence-corrected chi connectivity index (χ0v) is 11.5. The van der Waals surface area contributed by atoms with Crippen LogP contribution in [0.3, 0.4) is 0 Å². The Labute approximate surface area is 113 Å². The molecule has 1 heterocycles. The second kappa shape index (κ2) is 5.28. The molecule has 1 aromatic carbocycles. The van der Waals surface area contributed by atoms with Gasteiger partial charge in [-0.25, -0.2) is 5.84 Å². The fourth-order valence-corrected chi connectivity index (χ4v) is 2.35. The van der Waals surface area contributed by atoms with Crippen molar-refractivity contribution >= 4 is 5.91 Å². The van der Waals surface area contributed by atoms with E-state index in [9.17, 15) is 4.79 Å². The van der Waals surface area contributed by atoms with Gasteiger partial charge in [-0.3, -0.25) is 10.2 Å². The Balaban J connectivity index is 2.49. The van der Waals surface area contributed by atoms with Gasteiger partial charge in [0, 0.05) is 17.1 Å². The van der Waals surface area contributed by atoms with E-state index in [4.69, 9.17) is 5.84 Å². The lowest BCUT2D eigenvalue weighted by molar-refractivity contribution is 0.0953. The molecule has 2 aromatic rings. The molecule has 0 atom stereocenters. The monoisotopic (exact) mass is 257 g/mol. The second-order valence-electron chi connectivity index (χ2n) is 4.61. The minimum Gasteiger partial charge on any atom is -0.318 e. The molecule has 0 aliphatic carbocycles. The Hall–Kier alpha value is -2.07. The first kappa shape index (κ1) is 13.4. The van der Waals surface area contributed by atoms with Crippen LogP contribution in [0.2, 0.25) is 0 Å². The number of hydrogen-bond acceptors (Lipinski definition) is 2. The lowest BCUT2D eigenvalue weighted by Gasteiger charge is -2.10. The van der Waals surface area contributed by atoms with Gasteiger partial charge in [-0.1, -0.05) is 19.1 Å². The molecule has 0 saturated heterocycles. The van der Waals surface area contributed by atoms with E-state index in [1.54, 1.807) is 0 Å². The molecule has 4 heteroatoms. The maximum Gasteiger partial charge on any atom is 0.267 e. The van der Waals surface area contributed by atoms with E-state index < -0.39 is 0 Å². The SMILES string of the molecule is CCc1ccc(-n2c(C)cc(C(=O)NN)c2C)cc1. The highest BCUT2D eigenvalue weighted by Gasteiger charge is 2.15. The Morgan fingerprint density at radius 3 is 2.42 bits per heavy atom. The first-order chi connectivity index (χ1) is 9.08.